The lowest BCUT2D eigenvalue weighted by Gasteiger charge is -1.98. The molecule has 0 aliphatic heterocycles. The second kappa shape index (κ2) is 5.30. The van der Waals surface area contributed by atoms with Crippen LogP contribution in [0.2, 0.25) is 0 Å². The Morgan fingerprint density at radius 3 is 2.64 bits per heavy atom. The number of carboxylic acid groups (broad SMARTS) is 1. The van der Waals surface area contributed by atoms with Crippen LogP contribution in [0.25, 0.3) is 33.7 Å². The molecule has 0 atom stereocenters. The number of hydrogen-bond acceptors (Lipinski definition) is 5. The first-order valence-corrected chi connectivity index (χ1v) is 7.18. The molecule has 0 spiro atoms. The number of halogens is 2. The van der Waals surface area contributed by atoms with E-state index < -0.39 is 12.4 Å². The van der Waals surface area contributed by atoms with Gasteiger partial charge in [-0.1, -0.05) is 0 Å². The highest BCUT2D eigenvalue weighted by atomic mass is 19.3. The van der Waals surface area contributed by atoms with E-state index in [1.165, 1.54) is 36.4 Å². The number of aromatic nitrogens is 1. The molecule has 4 aromatic rings. The molecule has 2 aromatic carbocycles. The molecule has 0 fully saturated rings. The number of nitrogen functional groups attached to an aromatic ring is 1. The number of carbonyl (C=O) groups is 1. The van der Waals surface area contributed by atoms with Crippen LogP contribution in [0.1, 0.15) is 22.3 Å². The van der Waals surface area contributed by atoms with Crippen LogP contribution >= 0.6 is 0 Å². The summed E-state index contributed by atoms with van der Waals surface area (Å²) in [5.41, 5.74) is 7.02. The van der Waals surface area contributed by atoms with Crippen LogP contribution in [-0.4, -0.2) is 16.1 Å². The number of furan rings is 1. The van der Waals surface area contributed by atoms with Crippen molar-refractivity contribution in [2.45, 2.75) is 6.43 Å². The quantitative estimate of drug-likeness (QED) is 0.569. The maximum Gasteiger partial charge on any atom is 0.335 e. The van der Waals surface area contributed by atoms with E-state index in [0.717, 1.165) is 0 Å². The van der Waals surface area contributed by atoms with Crippen molar-refractivity contribution in [3.05, 3.63) is 47.5 Å². The van der Waals surface area contributed by atoms with Gasteiger partial charge in [0.25, 0.3) is 12.3 Å². The Kier molecular flexibility index (Phi) is 3.21. The number of benzene rings is 2. The number of anilines is 1. The van der Waals surface area contributed by atoms with Gasteiger partial charge < -0.3 is 19.7 Å². The van der Waals surface area contributed by atoms with E-state index in [1.54, 1.807) is 0 Å². The van der Waals surface area contributed by atoms with Gasteiger partial charge in [0, 0.05) is 10.9 Å². The van der Waals surface area contributed by atoms with Gasteiger partial charge in [-0.15, -0.1) is 0 Å². The summed E-state index contributed by atoms with van der Waals surface area (Å²) in [5.74, 6) is -0.943. The SMILES string of the molecule is Nc1c(-c2nc3ccc(C(=O)O)cc3o2)oc2ccc(C(F)F)cc12. The molecule has 0 aliphatic carbocycles. The molecule has 126 valence electrons. The molecule has 4 rings (SSSR count). The van der Waals surface area contributed by atoms with Crippen LogP contribution < -0.4 is 5.73 Å². The summed E-state index contributed by atoms with van der Waals surface area (Å²) in [4.78, 5) is 15.2. The van der Waals surface area contributed by atoms with Crippen molar-refractivity contribution in [3.63, 3.8) is 0 Å². The first-order valence-electron chi connectivity index (χ1n) is 7.18. The minimum Gasteiger partial charge on any atom is -0.478 e. The van der Waals surface area contributed by atoms with Crippen LogP contribution in [0.5, 0.6) is 0 Å². The van der Waals surface area contributed by atoms with Gasteiger partial charge in [-0.05, 0) is 36.4 Å². The van der Waals surface area contributed by atoms with E-state index >= 15 is 0 Å². The molecule has 0 radical (unpaired) electrons. The Hall–Kier alpha value is -3.42. The number of carboxylic acids is 1. The first kappa shape index (κ1) is 15.1. The van der Waals surface area contributed by atoms with Gasteiger partial charge in [0.05, 0.1) is 11.3 Å². The summed E-state index contributed by atoms with van der Waals surface area (Å²) < 4.78 is 36.8. The summed E-state index contributed by atoms with van der Waals surface area (Å²) in [6.45, 7) is 0. The van der Waals surface area contributed by atoms with Gasteiger partial charge >= 0.3 is 5.97 Å². The minimum absolute atomic E-state index is 0.0461. The van der Waals surface area contributed by atoms with E-state index in [1.807, 2.05) is 0 Å². The molecular formula is C17H10F2N2O4. The minimum atomic E-state index is -2.62. The molecule has 0 saturated heterocycles. The van der Waals surface area contributed by atoms with E-state index in [0.29, 0.717) is 16.5 Å². The lowest BCUT2D eigenvalue weighted by Crippen LogP contribution is -1.94. The van der Waals surface area contributed by atoms with Crippen LogP contribution in [-0.2, 0) is 0 Å². The number of oxazole rings is 1. The number of nitrogens with two attached hydrogens (primary N) is 1. The van der Waals surface area contributed by atoms with Crippen molar-refractivity contribution in [1.29, 1.82) is 0 Å². The number of fused-ring (bicyclic) bond motifs is 2. The van der Waals surface area contributed by atoms with Crippen LogP contribution in [0.3, 0.4) is 0 Å². The van der Waals surface area contributed by atoms with Gasteiger partial charge in [-0.25, -0.2) is 18.6 Å². The zero-order valence-electron chi connectivity index (χ0n) is 12.5. The Labute approximate surface area is 138 Å². The van der Waals surface area contributed by atoms with Crippen molar-refractivity contribution in [1.82, 2.24) is 4.98 Å². The largest absolute Gasteiger partial charge is 0.478 e. The highest BCUT2D eigenvalue weighted by Gasteiger charge is 2.20. The van der Waals surface area contributed by atoms with Gasteiger partial charge in [-0.3, -0.25) is 0 Å². The summed E-state index contributed by atoms with van der Waals surface area (Å²) in [5, 5.41) is 9.35. The van der Waals surface area contributed by atoms with Crippen molar-refractivity contribution >= 4 is 33.7 Å². The highest BCUT2D eigenvalue weighted by Crippen LogP contribution is 2.38. The van der Waals surface area contributed by atoms with Crippen LogP contribution in [0, 0.1) is 0 Å². The highest BCUT2D eigenvalue weighted by molar-refractivity contribution is 5.97. The molecule has 6 nitrogen and oxygen atoms in total. The van der Waals surface area contributed by atoms with Crippen LogP contribution in [0.4, 0.5) is 14.5 Å². The van der Waals surface area contributed by atoms with Crippen molar-refractivity contribution < 1.29 is 27.5 Å². The molecule has 25 heavy (non-hydrogen) atoms. The molecular weight excluding hydrogens is 334 g/mol. The smallest absolute Gasteiger partial charge is 0.335 e. The maximum atomic E-state index is 12.8. The number of nitrogens with zero attached hydrogens (tertiary/aromatic N) is 1. The molecule has 3 N–H and O–H groups in total. The molecule has 0 aliphatic rings. The lowest BCUT2D eigenvalue weighted by molar-refractivity contribution is 0.0697. The summed E-state index contributed by atoms with van der Waals surface area (Å²) in [6, 6.07) is 8.15. The van der Waals surface area contributed by atoms with Crippen molar-refractivity contribution in [2.75, 3.05) is 5.73 Å². The predicted molar refractivity (Wildman–Crippen MR) is 85.5 cm³/mol. The second-order valence-electron chi connectivity index (χ2n) is 5.41. The van der Waals surface area contributed by atoms with Gasteiger partial charge in [-0.2, -0.15) is 0 Å². The number of aromatic carboxylic acids is 1. The zero-order chi connectivity index (χ0) is 17.7. The molecule has 2 heterocycles. The van der Waals surface area contributed by atoms with Gasteiger partial charge in [0.1, 0.15) is 11.1 Å². The molecule has 0 saturated carbocycles. The Bertz CT molecular complexity index is 1130. The predicted octanol–water partition coefficient (Wildman–Crippen LogP) is 4.46. The monoisotopic (exact) mass is 344 g/mol. The van der Waals surface area contributed by atoms with Gasteiger partial charge in [0.2, 0.25) is 5.76 Å². The number of rotatable bonds is 3. The summed E-state index contributed by atoms with van der Waals surface area (Å²) in [6.07, 6.45) is -2.62. The van der Waals surface area contributed by atoms with Crippen LogP contribution in [0.15, 0.2) is 45.2 Å². The fourth-order valence-corrected chi connectivity index (χ4v) is 2.58. The molecule has 8 heteroatoms. The van der Waals surface area contributed by atoms with Crippen molar-refractivity contribution in [2.24, 2.45) is 0 Å². The number of hydrogen-bond donors (Lipinski definition) is 2. The number of alkyl halides is 2. The third-order valence-electron chi connectivity index (χ3n) is 3.83. The van der Waals surface area contributed by atoms with E-state index in [-0.39, 0.29) is 34.0 Å². The molecule has 0 amide bonds. The van der Waals surface area contributed by atoms with Gasteiger partial charge in [0.15, 0.2) is 5.58 Å². The normalized spacial score (nSPS) is 11.6. The molecule has 0 unspecified atom stereocenters. The second-order valence-corrected chi connectivity index (χ2v) is 5.41. The Balaban J connectivity index is 1.87. The molecule has 0 bridgehead atoms. The van der Waals surface area contributed by atoms with E-state index in [9.17, 15) is 13.6 Å². The fourth-order valence-electron chi connectivity index (χ4n) is 2.58. The summed E-state index contributed by atoms with van der Waals surface area (Å²) in [7, 11) is 0. The standard InChI is InChI=1S/C17H10F2N2O4/c18-15(19)7-2-4-11-9(5-7)13(20)14(24-11)16-21-10-3-1-8(17(22)23)6-12(10)25-16/h1-6,15H,20H2,(H,22,23). The average Bonchev–Trinajstić information content (AvgIpc) is 3.14. The van der Waals surface area contributed by atoms with E-state index in [4.69, 9.17) is 19.7 Å². The zero-order valence-corrected chi connectivity index (χ0v) is 12.5. The fraction of sp³-hybridized carbons (Fsp3) is 0.0588. The maximum absolute atomic E-state index is 12.8. The third-order valence-corrected chi connectivity index (χ3v) is 3.83. The Morgan fingerprint density at radius 1 is 1.12 bits per heavy atom. The lowest BCUT2D eigenvalue weighted by atomic mass is 10.1. The topological polar surface area (TPSA) is 102 Å². The average molecular weight is 344 g/mol. The third kappa shape index (κ3) is 2.38. The first-order chi connectivity index (χ1) is 11.9. The van der Waals surface area contributed by atoms with E-state index in [2.05, 4.69) is 4.98 Å². The van der Waals surface area contributed by atoms with Crippen molar-refractivity contribution in [3.8, 4) is 11.7 Å². The molecule has 2 aromatic heterocycles. The summed E-state index contributed by atoms with van der Waals surface area (Å²) >= 11 is 0. The Morgan fingerprint density at radius 2 is 1.92 bits per heavy atom.